The predicted octanol–water partition coefficient (Wildman–Crippen LogP) is 5.61. The van der Waals surface area contributed by atoms with E-state index in [-0.39, 0.29) is 5.41 Å². The Bertz CT molecular complexity index is 410. The van der Waals surface area contributed by atoms with E-state index < -0.39 is 0 Å². The molecule has 1 N–H and O–H groups in total. The maximum atomic E-state index is 3.59. The first kappa shape index (κ1) is 16.5. The molecule has 0 bridgehead atoms. The molecule has 1 saturated carbocycles. The number of hydrogen-bond donors (Lipinski definition) is 1. The second-order valence-corrected chi connectivity index (χ2v) is 7.38. The van der Waals surface area contributed by atoms with Crippen LogP contribution in [0.3, 0.4) is 0 Å². The minimum absolute atomic E-state index is 0.288. The summed E-state index contributed by atoms with van der Waals surface area (Å²) in [6.45, 7) is 6.95. The third-order valence-corrected chi connectivity index (χ3v) is 5.62. The van der Waals surface area contributed by atoms with Crippen molar-refractivity contribution in [2.75, 3.05) is 7.05 Å². The molecular weight excluding hydrogens is 254 g/mol. The van der Waals surface area contributed by atoms with Crippen LogP contribution in [0.5, 0.6) is 0 Å². The van der Waals surface area contributed by atoms with E-state index >= 15 is 0 Å². The zero-order valence-corrected chi connectivity index (χ0v) is 14.4. The molecule has 1 aromatic carbocycles. The van der Waals surface area contributed by atoms with E-state index in [0.29, 0.717) is 6.04 Å². The highest BCUT2D eigenvalue weighted by molar-refractivity contribution is 5.30. The van der Waals surface area contributed by atoms with Crippen LogP contribution in [-0.4, -0.2) is 7.05 Å². The van der Waals surface area contributed by atoms with Crippen molar-refractivity contribution in [1.82, 2.24) is 5.32 Å². The molecule has 0 heterocycles. The molecule has 118 valence electrons. The molecule has 1 nitrogen and oxygen atoms in total. The Balaban J connectivity index is 2.14. The van der Waals surface area contributed by atoms with E-state index in [9.17, 15) is 0 Å². The number of benzene rings is 1. The maximum Gasteiger partial charge on any atom is 0.0346 e. The van der Waals surface area contributed by atoms with Gasteiger partial charge in [0.05, 0.1) is 0 Å². The molecule has 1 fully saturated rings. The molecule has 21 heavy (non-hydrogen) atoms. The lowest BCUT2D eigenvalue weighted by Gasteiger charge is -2.28. The van der Waals surface area contributed by atoms with Crippen LogP contribution in [0.15, 0.2) is 24.3 Å². The summed E-state index contributed by atoms with van der Waals surface area (Å²) in [5.41, 5.74) is 3.22. The van der Waals surface area contributed by atoms with E-state index in [1.165, 1.54) is 56.1 Å². The second-order valence-electron chi connectivity index (χ2n) is 7.38. The molecule has 2 rings (SSSR count). The third-order valence-electron chi connectivity index (χ3n) is 5.62. The van der Waals surface area contributed by atoms with Gasteiger partial charge in [0.2, 0.25) is 0 Å². The molecule has 0 radical (unpaired) electrons. The Kier molecular flexibility index (Phi) is 5.87. The molecular formula is C20H33N. The summed E-state index contributed by atoms with van der Waals surface area (Å²) in [5, 5.41) is 3.59. The van der Waals surface area contributed by atoms with Gasteiger partial charge in [-0.3, -0.25) is 0 Å². The number of nitrogens with one attached hydrogen (secondary N) is 1. The highest BCUT2D eigenvalue weighted by atomic mass is 14.9. The van der Waals surface area contributed by atoms with E-state index in [2.05, 4.69) is 57.4 Å². The summed E-state index contributed by atoms with van der Waals surface area (Å²) < 4.78 is 0. The first-order valence-electron chi connectivity index (χ1n) is 8.86. The monoisotopic (exact) mass is 287 g/mol. The van der Waals surface area contributed by atoms with Crippen LogP contribution in [0.2, 0.25) is 0 Å². The molecule has 0 aliphatic heterocycles. The van der Waals surface area contributed by atoms with Crippen molar-refractivity contribution in [2.45, 2.75) is 77.2 Å². The molecule has 1 aromatic rings. The van der Waals surface area contributed by atoms with Crippen LogP contribution in [0.4, 0.5) is 0 Å². The lowest BCUT2D eigenvalue weighted by atomic mass is 9.80. The summed E-state index contributed by atoms with van der Waals surface area (Å²) in [6.07, 6.45) is 9.62. The average Bonchev–Trinajstić information content (AvgIpc) is 2.78. The molecule has 0 amide bonds. The van der Waals surface area contributed by atoms with Gasteiger partial charge >= 0.3 is 0 Å². The van der Waals surface area contributed by atoms with Crippen molar-refractivity contribution in [3.8, 4) is 0 Å². The largest absolute Gasteiger partial charge is 0.313 e. The van der Waals surface area contributed by atoms with Gasteiger partial charge in [-0.1, -0.05) is 70.7 Å². The number of rotatable bonds is 5. The fourth-order valence-corrected chi connectivity index (χ4v) is 3.66. The van der Waals surface area contributed by atoms with Crippen molar-refractivity contribution < 1.29 is 0 Å². The molecule has 0 aromatic heterocycles. The minimum atomic E-state index is 0.288. The van der Waals surface area contributed by atoms with Crippen LogP contribution in [-0.2, 0) is 5.41 Å². The molecule has 0 spiro atoms. The molecule has 1 unspecified atom stereocenters. The Morgan fingerprint density at radius 3 is 2.10 bits per heavy atom. The third kappa shape index (κ3) is 4.10. The van der Waals surface area contributed by atoms with Gasteiger partial charge in [0, 0.05) is 6.04 Å². The lowest BCUT2D eigenvalue weighted by Crippen LogP contribution is -2.25. The normalized spacial score (nSPS) is 19.2. The van der Waals surface area contributed by atoms with Crippen molar-refractivity contribution in [3.63, 3.8) is 0 Å². The zero-order valence-electron chi connectivity index (χ0n) is 14.4. The molecule has 0 saturated heterocycles. The number of hydrogen-bond acceptors (Lipinski definition) is 1. The SMILES string of the molecule is CCC(C)(C)c1ccc(C(NC)C2CCCCCC2)cc1. The quantitative estimate of drug-likeness (QED) is 0.694. The zero-order chi connectivity index (χ0) is 15.3. The first-order valence-corrected chi connectivity index (χ1v) is 8.86. The van der Waals surface area contributed by atoms with Crippen LogP contribution in [0, 0.1) is 5.92 Å². The van der Waals surface area contributed by atoms with Crippen LogP contribution in [0.25, 0.3) is 0 Å². The topological polar surface area (TPSA) is 12.0 Å². The minimum Gasteiger partial charge on any atom is -0.313 e. The molecule has 1 aliphatic rings. The van der Waals surface area contributed by atoms with Gasteiger partial charge in [0.1, 0.15) is 0 Å². The average molecular weight is 287 g/mol. The Morgan fingerprint density at radius 2 is 1.62 bits per heavy atom. The maximum absolute atomic E-state index is 3.59. The Labute approximate surface area is 131 Å². The van der Waals surface area contributed by atoms with Gasteiger partial charge < -0.3 is 5.32 Å². The van der Waals surface area contributed by atoms with Gasteiger partial charge in [0.15, 0.2) is 0 Å². The summed E-state index contributed by atoms with van der Waals surface area (Å²) >= 11 is 0. The van der Waals surface area contributed by atoms with Gasteiger partial charge in [-0.25, -0.2) is 0 Å². The van der Waals surface area contributed by atoms with E-state index in [1.54, 1.807) is 0 Å². The smallest absolute Gasteiger partial charge is 0.0346 e. The second kappa shape index (κ2) is 7.45. The summed E-state index contributed by atoms with van der Waals surface area (Å²) in [4.78, 5) is 0. The highest BCUT2D eigenvalue weighted by Crippen LogP contribution is 2.34. The van der Waals surface area contributed by atoms with Crippen molar-refractivity contribution >= 4 is 0 Å². The van der Waals surface area contributed by atoms with Crippen molar-refractivity contribution in [3.05, 3.63) is 35.4 Å². The summed E-state index contributed by atoms with van der Waals surface area (Å²) in [7, 11) is 2.12. The van der Waals surface area contributed by atoms with Gasteiger partial charge in [-0.05, 0) is 48.8 Å². The molecule has 1 heteroatoms. The van der Waals surface area contributed by atoms with Gasteiger partial charge in [-0.15, -0.1) is 0 Å². The summed E-state index contributed by atoms with van der Waals surface area (Å²) in [5.74, 6) is 0.808. The predicted molar refractivity (Wildman–Crippen MR) is 92.8 cm³/mol. The van der Waals surface area contributed by atoms with Crippen LogP contribution in [0.1, 0.15) is 82.9 Å². The Hall–Kier alpha value is -0.820. The fourth-order valence-electron chi connectivity index (χ4n) is 3.66. The summed E-state index contributed by atoms with van der Waals surface area (Å²) in [6, 6.07) is 9.94. The van der Waals surface area contributed by atoms with Crippen LogP contribution >= 0.6 is 0 Å². The fraction of sp³-hybridized carbons (Fsp3) is 0.700. The standard InChI is InChI=1S/C20H33N/c1-5-20(2,3)18-14-12-17(13-15-18)19(21-4)16-10-8-6-7-9-11-16/h12-16,19,21H,5-11H2,1-4H3. The van der Waals surface area contributed by atoms with Crippen molar-refractivity contribution in [2.24, 2.45) is 5.92 Å². The van der Waals surface area contributed by atoms with Crippen molar-refractivity contribution in [1.29, 1.82) is 0 Å². The van der Waals surface area contributed by atoms with E-state index in [1.807, 2.05) is 0 Å². The van der Waals surface area contributed by atoms with E-state index in [0.717, 1.165) is 5.92 Å². The van der Waals surface area contributed by atoms with E-state index in [4.69, 9.17) is 0 Å². The van der Waals surface area contributed by atoms with Crippen LogP contribution < -0.4 is 5.32 Å². The molecule has 1 atom stereocenters. The van der Waals surface area contributed by atoms with Gasteiger partial charge in [-0.2, -0.15) is 0 Å². The highest BCUT2D eigenvalue weighted by Gasteiger charge is 2.24. The first-order chi connectivity index (χ1) is 10.1. The Morgan fingerprint density at radius 1 is 1.05 bits per heavy atom. The molecule has 1 aliphatic carbocycles. The van der Waals surface area contributed by atoms with Gasteiger partial charge in [0.25, 0.3) is 0 Å². The lowest BCUT2D eigenvalue weighted by molar-refractivity contribution is 0.341.